The molecule has 40 heavy (non-hydrogen) atoms. The third kappa shape index (κ3) is 5.55. The summed E-state index contributed by atoms with van der Waals surface area (Å²) >= 11 is 13.6. The van der Waals surface area contributed by atoms with E-state index in [4.69, 9.17) is 9.47 Å². The van der Waals surface area contributed by atoms with Gasteiger partial charge in [-0.1, -0.05) is 108 Å². The predicted octanol–water partition coefficient (Wildman–Crippen LogP) is 11.3. The molecule has 4 aromatic carbocycles. The Labute approximate surface area is 264 Å². The van der Waals surface area contributed by atoms with Crippen LogP contribution in [-0.2, 0) is 0 Å². The lowest BCUT2D eigenvalue weighted by Gasteiger charge is -2.19. The number of rotatable bonds is 7. The fraction of sp³-hybridized carbons (Fsp3) is 0.161. The van der Waals surface area contributed by atoms with E-state index >= 15 is 0 Å². The molecule has 0 N–H and O–H groups in total. The van der Waals surface area contributed by atoms with Gasteiger partial charge >= 0.3 is 0 Å². The van der Waals surface area contributed by atoms with Crippen molar-refractivity contribution in [2.45, 2.75) is 0 Å². The van der Waals surface area contributed by atoms with Crippen LogP contribution in [0.5, 0.6) is 11.5 Å². The number of ether oxygens (including phenoxy) is 2. The number of fused-ring (bicyclic) bond motifs is 2. The first-order valence-electron chi connectivity index (χ1n) is 12.8. The molecule has 0 aromatic heterocycles. The summed E-state index contributed by atoms with van der Waals surface area (Å²) in [6.07, 6.45) is 0. The molecular weight excluding hydrogens is 629 g/mol. The van der Waals surface area contributed by atoms with Crippen molar-refractivity contribution in [1.82, 2.24) is 0 Å². The third-order valence-electron chi connectivity index (χ3n) is 6.55. The minimum absolute atomic E-state index is 0.629. The standard InChI is InChI=1S/C31H24O2S7/c1-32-23-12-10-19-6-2-4-8-21(19)26(23)27-22-9-5-3-7-20(22)11-13-24(27)33-14-15-34-25-18-37-30(38-25)31-39-28-29(40-31)36-17-16-35-28/h2-13,18H,14-17H2,1H3. The highest BCUT2D eigenvalue weighted by Gasteiger charge is 2.29. The fourth-order valence-corrected chi connectivity index (χ4v) is 14.6. The Hall–Kier alpha value is -1.33. The summed E-state index contributed by atoms with van der Waals surface area (Å²) < 4.78 is 19.7. The molecule has 0 radical (unpaired) electrons. The fourth-order valence-electron chi connectivity index (χ4n) is 4.80. The summed E-state index contributed by atoms with van der Waals surface area (Å²) in [7, 11) is 1.75. The summed E-state index contributed by atoms with van der Waals surface area (Å²) in [6, 6.07) is 25.5. The first kappa shape index (κ1) is 27.5. The second-order valence-electron chi connectivity index (χ2n) is 8.93. The predicted molar refractivity (Wildman–Crippen MR) is 189 cm³/mol. The molecule has 0 fully saturated rings. The quantitative estimate of drug-likeness (QED) is 0.180. The largest absolute Gasteiger partial charge is 0.496 e. The Morgan fingerprint density at radius 1 is 0.675 bits per heavy atom. The van der Waals surface area contributed by atoms with Gasteiger partial charge in [0.05, 0.1) is 34.9 Å². The van der Waals surface area contributed by atoms with Crippen molar-refractivity contribution in [3.63, 3.8) is 0 Å². The molecule has 0 aliphatic carbocycles. The highest BCUT2D eigenvalue weighted by Crippen LogP contribution is 2.64. The van der Waals surface area contributed by atoms with E-state index in [1.165, 1.54) is 48.9 Å². The zero-order valence-corrected chi connectivity index (χ0v) is 27.2. The van der Waals surface area contributed by atoms with Crippen LogP contribution < -0.4 is 9.47 Å². The minimum atomic E-state index is 0.629. The molecule has 0 atom stereocenters. The Morgan fingerprint density at radius 3 is 1.98 bits per heavy atom. The third-order valence-corrected chi connectivity index (χ3v) is 16.5. The van der Waals surface area contributed by atoms with Crippen molar-refractivity contribution >= 4 is 104 Å². The molecule has 0 spiro atoms. The summed E-state index contributed by atoms with van der Waals surface area (Å²) in [5, 5.41) is 7.02. The molecule has 0 saturated carbocycles. The molecule has 4 aromatic rings. The first-order chi connectivity index (χ1) is 19.8. The summed E-state index contributed by atoms with van der Waals surface area (Å²) in [5.41, 5.74) is 2.18. The highest BCUT2D eigenvalue weighted by atomic mass is 32.3. The van der Waals surface area contributed by atoms with Crippen molar-refractivity contribution in [2.75, 3.05) is 31.0 Å². The lowest BCUT2D eigenvalue weighted by Crippen LogP contribution is -2.02. The Kier molecular flexibility index (Phi) is 8.59. The van der Waals surface area contributed by atoms with Crippen LogP contribution in [0.3, 0.4) is 0 Å². The van der Waals surface area contributed by atoms with Gasteiger partial charge in [-0.15, -0.1) is 35.3 Å². The molecule has 0 saturated heterocycles. The zero-order chi connectivity index (χ0) is 26.9. The van der Waals surface area contributed by atoms with Crippen LogP contribution >= 0.6 is 82.3 Å². The van der Waals surface area contributed by atoms with Crippen LogP contribution in [0.4, 0.5) is 0 Å². The van der Waals surface area contributed by atoms with E-state index in [0.717, 1.165) is 33.8 Å². The van der Waals surface area contributed by atoms with Gasteiger partial charge in [-0.25, -0.2) is 0 Å². The molecule has 3 aliphatic heterocycles. The van der Waals surface area contributed by atoms with Crippen molar-refractivity contribution in [2.24, 2.45) is 0 Å². The number of hydrogen-bond acceptors (Lipinski definition) is 9. The number of benzene rings is 4. The number of thioether (sulfide) groups is 7. The summed E-state index contributed by atoms with van der Waals surface area (Å²) in [5.74, 6) is 5.10. The zero-order valence-electron chi connectivity index (χ0n) is 21.5. The second-order valence-corrected chi connectivity index (χ2v) is 17.5. The van der Waals surface area contributed by atoms with Crippen molar-refractivity contribution in [3.8, 4) is 22.6 Å². The van der Waals surface area contributed by atoms with Gasteiger partial charge in [0.1, 0.15) is 11.5 Å². The smallest absolute Gasteiger partial charge is 0.127 e. The van der Waals surface area contributed by atoms with Crippen molar-refractivity contribution in [1.29, 1.82) is 0 Å². The lowest BCUT2D eigenvalue weighted by atomic mass is 9.92. The average Bonchev–Trinajstić information content (AvgIpc) is 3.66. The monoisotopic (exact) mass is 652 g/mol. The van der Waals surface area contributed by atoms with Gasteiger partial charge in [0, 0.05) is 28.4 Å². The molecule has 0 bridgehead atoms. The van der Waals surface area contributed by atoms with Gasteiger partial charge in [-0.3, -0.25) is 0 Å². The minimum Gasteiger partial charge on any atom is -0.496 e. The van der Waals surface area contributed by atoms with Gasteiger partial charge in [0.25, 0.3) is 0 Å². The SMILES string of the molecule is COc1ccc2ccccc2c1-c1c(OCCSC2=CSC(=C3SC4=C(SCCS4)S3)S2)ccc2ccccc12. The molecule has 0 amide bonds. The van der Waals surface area contributed by atoms with Gasteiger partial charge in [-0.05, 0) is 39.1 Å². The van der Waals surface area contributed by atoms with Crippen LogP contribution in [0.25, 0.3) is 32.7 Å². The van der Waals surface area contributed by atoms with Gasteiger partial charge in [0.2, 0.25) is 0 Å². The van der Waals surface area contributed by atoms with E-state index in [9.17, 15) is 0 Å². The molecule has 0 unspecified atom stereocenters. The summed E-state index contributed by atoms with van der Waals surface area (Å²) in [6.45, 7) is 0.629. The number of methoxy groups -OCH3 is 1. The molecule has 202 valence electrons. The maximum atomic E-state index is 6.55. The molecule has 3 heterocycles. The maximum Gasteiger partial charge on any atom is 0.127 e. The summed E-state index contributed by atoms with van der Waals surface area (Å²) in [4.78, 5) is 0. The van der Waals surface area contributed by atoms with Crippen LogP contribution in [0.15, 0.2) is 99.4 Å². The van der Waals surface area contributed by atoms with E-state index in [1.54, 1.807) is 7.11 Å². The van der Waals surface area contributed by atoms with Crippen LogP contribution in [-0.4, -0.2) is 31.0 Å². The van der Waals surface area contributed by atoms with Crippen molar-refractivity contribution < 1.29 is 9.47 Å². The maximum absolute atomic E-state index is 6.55. The average molecular weight is 653 g/mol. The Bertz CT molecular complexity index is 1690. The molecule has 2 nitrogen and oxygen atoms in total. The number of hydrogen-bond donors (Lipinski definition) is 0. The first-order valence-corrected chi connectivity index (χ1v) is 19.0. The Morgan fingerprint density at radius 2 is 1.30 bits per heavy atom. The van der Waals surface area contributed by atoms with Gasteiger partial charge in [-0.2, -0.15) is 0 Å². The molecule has 3 aliphatic rings. The van der Waals surface area contributed by atoms with Gasteiger partial charge in [0.15, 0.2) is 0 Å². The van der Waals surface area contributed by atoms with E-state index in [2.05, 4.69) is 78.2 Å². The normalized spacial score (nSPS) is 17.1. The molecule has 7 rings (SSSR count). The van der Waals surface area contributed by atoms with Crippen molar-refractivity contribution in [3.05, 3.63) is 99.4 Å². The second kappa shape index (κ2) is 12.5. The highest BCUT2D eigenvalue weighted by molar-refractivity contribution is 8.43. The lowest BCUT2D eigenvalue weighted by molar-refractivity contribution is 0.345. The van der Waals surface area contributed by atoms with Crippen LogP contribution in [0, 0.1) is 0 Å². The molecule has 9 heteroatoms. The van der Waals surface area contributed by atoms with Crippen LogP contribution in [0.1, 0.15) is 0 Å². The van der Waals surface area contributed by atoms with E-state index in [0.29, 0.717) is 6.61 Å². The van der Waals surface area contributed by atoms with E-state index in [-0.39, 0.29) is 0 Å². The van der Waals surface area contributed by atoms with E-state index < -0.39 is 0 Å². The Balaban J connectivity index is 1.10. The van der Waals surface area contributed by atoms with Gasteiger partial charge < -0.3 is 9.47 Å². The van der Waals surface area contributed by atoms with Crippen LogP contribution in [0.2, 0.25) is 0 Å². The topological polar surface area (TPSA) is 18.5 Å². The molecular formula is C31H24O2S7. The van der Waals surface area contributed by atoms with E-state index in [1.807, 2.05) is 82.3 Å².